The van der Waals surface area contributed by atoms with E-state index in [4.69, 9.17) is 9.47 Å². The number of Topliss-reactive ketones (excluding diaryl/α,β-unsaturated/α-hetero) is 2. The van der Waals surface area contributed by atoms with E-state index in [9.17, 15) is 9.59 Å². The van der Waals surface area contributed by atoms with Gasteiger partial charge in [-0.05, 0) is 51.2 Å². The molecule has 0 heterocycles. The summed E-state index contributed by atoms with van der Waals surface area (Å²) in [5.74, 6) is 1.38. The summed E-state index contributed by atoms with van der Waals surface area (Å²) in [6.07, 6.45) is 5.92. The summed E-state index contributed by atoms with van der Waals surface area (Å²) in [6, 6.07) is 3.21. The number of benzene rings is 1. The molecule has 4 heteroatoms. The Hall–Kier alpha value is -2.36. The van der Waals surface area contributed by atoms with Crippen molar-refractivity contribution in [3.05, 3.63) is 46.1 Å². The minimum absolute atomic E-state index is 0.103. The Balaban J connectivity index is 2.27. The third-order valence-corrected chi connectivity index (χ3v) is 5.09. The number of ether oxygens (including phenoxy) is 2. The second kappa shape index (κ2) is 9.03. The third-order valence-electron chi connectivity index (χ3n) is 5.09. The molecule has 1 aliphatic carbocycles. The molecule has 0 saturated carbocycles. The molecular formula is C23H30O4. The van der Waals surface area contributed by atoms with E-state index >= 15 is 0 Å². The maximum Gasteiger partial charge on any atom is 0.190 e. The molecule has 0 spiro atoms. The summed E-state index contributed by atoms with van der Waals surface area (Å²) < 4.78 is 10.6. The SMILES string of the molecule is COc1cc2c(cc1OC)C(=O)C(CC=C(C)CCCC(C)C)=C(C)C2=O. The van der Waals surface area contributed by atoms with Gasteiger partial charge in [0.15, 0.2) is 23.1 Å². The zero-order valence-corrected chi connectivity index (χ0v) is 17.3. The van der Waals surface area contributed by atoms with Crippen molar-refractivity contribution in [1.29, 1.82) is 0 Å². The van der Waals surface area contributed by atoms with E-state index in [1.54, 1.807) is 19.1 Å². The lowest BCUT2D eigenvalue weighted by atomic mass is 9.82. The molecule has 0 fully saturated rings. The molecule has 0 unspecified atom stereocenters. The Kier molecular flexibility index (Phi) is 7.00. The number of carbonyl (C=O) groups is 2. The van der Waals surface area contributed by atoms with Gasteiger partial charge in [-0.2, -0.15) is 0 Å². The maximum atomic E-state index is 13.0. The van der Waals surface area contributed by atoms with Crippen molar-refractivity contribution in [2.24, 2.45) is 5.92 Å². The fraction of sp³-hybridized carbons (Fsp3) is 0.478. The van der Waals surface area contributed by atoms with Crippen molar-refractivity contribution in [2.45, 2.75) is 53.4 Å². The lowest BCUT2D eigenvalue weighted by molar-refractivity contribution is 0.0972. The van der Waals surface area contributed by atoms with E-state index in [2.05, 4.69) is 26.8 Å². The molecule has 0 atom stereocenters. The van der Waals surface area contributed by atoms with E-state index in [-0.39, 0.29) is 11.6 Å². The van der Waals surface area contributed by atoms with Crippen molar-refractivity contribution in [1.82, 2.24) is 0 Å². The van der Waals surface area contributed by atoms with Crippen LogP contribution in [0.1, 0.15) is 74.1 Å². The first-order valence-corrected chi connectivity index (χ1v) is 9.50. The quantitative estimate of drug-likeness (QED) is 0.562. The average molecular weight is 370 g/mol. The lowest BCUT2D eigenvalue weighted by Gasteiger charge is -2.20. The first-order chi connectivity index (χ1) is 12.8. The first kappa shape index (κ1) is 20.9. The third kappa shape index (κ3) is 4.68. The molecule has 1 aromatic rings. The van der Waals surface area contributed by atoms with Crippen LogP contribution < -0.4 is 9.47 Å². The summed E-state index contributed by atoms with van der Waals surface area (Å²) in [7, 11) is 3.03. The molecule has 0 aromatic heterocycles. The molecular weight excluding hydrogens is 340 g/mol. The van der Waals surface area contributed by atoms with E-state index in [1.807, 2.05) is 0 Å². The number of methoxy groups -OCH3 is 2. The van der Waals surface area contributed by atoms with Crippen LogP contribution in [0.25, 0.3) is 0 Å². The van der Waals surface area contributed by atoms with Gasteiger partial charge >= 0.3 is 0 Å². The van der Waals surface area contributed by atoms with E-state index < -0.39 is 0 Å². The van der Waals surface area contributed by atoms with Gasteiger partial charge in [-0.15, -0.1) is 0 Å². The molecule has 146 valence electrons. The summed E-state index contributed by atoms with van der Waals surface area (Å²) in [4.78, 5) is 25.8. The Morgan fingerprint density at radius 1 is 1.04 bits per heavy atom. The smallest absolute Gasteiger partial charge is 0.190 e. The summed E-state index contributed by atoms with van der Waals surface area (Å²) in [5, 5.41) is 0. The first-order valence-electron chi connectivity index (χ1n) is 9.50. The number of carbonyl (C=O) groups excluding carboxylic acids is 2. The molecule has 0 N–H and O–H groups in total. The Bertz CT molecular complexity index is 797. The fourth-order valence-corrected chi connectivity index (χ4v) is 3.34. The highest BCUT2D eigenvalue weighted by Gasteiger charge is 2.31. The van der Waals surface area contributed by atoms with Crippen molar-refractivity contribution < 1.29 is 19.1 Å². The van der Waals surface area contributed by atoms with Crippen molar-refractivity contribution >= 4 is 11.6 Å². The number of allylic oxidation sites excluding steroid dienone is 4. The van der Waals surface area contributed by atoms with Gasteiger partial charge < -0.3 is 9.47 Å². The molecule has 0 radical (unpaired) electrons. The Labute approximate surface area is 162 Å². The van der Waals surface area contributed by atoms with Crippen LogP contribution in [0.15, 0.2) is 34.9 Å². The van der Waals surface area contributed by atoms with Crippen LogP contribution in [0.3, 0.4) is 0 Å². The molecule has 4 nitrogen and oxygen atoms in total. The predicted molar refractivity (Wildman–Crippen MR) is 108 cm³/mol. The second-order valence-corrected chi connectivity index (χ2v) is 7.56. The molecule has 2 rings (SSSR count). The number of hydrogen-bond donors (Lipinski definition) is 0. The van der Waals surface area contributed by atoms with E-state index in [0.717, 1.165) is 12.8 Å². The minimum Gasteiger partial charge on any atom is -0.493 e. The van der Waals surface area contributed by atoms with Crippen LogP contribution in [0.4, 0.5) is 0 Å². The normalized spacial score (nSPS) is 14.7. The fourth-order valence-electron chi connectivity index (χ4n) is 3.34. The largest absolute Gasteiger partial charge is 0.493 e. The predicted octanol–water partition coefficient (Wildman–Crippen LogP) is 5.56. The molecule has 27 heavy (non-hydrogen) atoms. The van der Waals surface area contributed by atoms with Crippen LogP contribution in [0.2, 0.25) is 0 Å². The number of fused-ring (bicyclic) bond motifs is 1. The minimum atomic E-state index is -0.119. The Morgan fingerprint density at radius 2 is 1.59 bits per heavy atom. The topological polar surface area (TPSA) is 52.6 Å². The van der Waals surface area contributed by atoms with Crippen molar-refractivity contribution in [3.8, 4) is 11.5 Å². The second-order valence-electron chi connectivity index (χ2n) is 7.56. The highest BCUT2D eigenvalue weighted by molar-refractivity contribution is 6.27. The molecule has 1 aliphatic rings. The highest BCUT2D eigenvalue weighted by Crippen LogP contribution is 2.36. The Morgan fingerprint density at radius 3 is 2.11 bits per heavy atom. The van der Waals surface area contributed by atoms with Crippen LogP contribution >= 0.6 is 0 Å². The molecule has 1 aromatic carbocycles. The number of ketones is 2. The molecule has 0 bridgehead atoms. The van der Waals surface area contributed by atoms with E-state index in [1.165, 1.54) is 26.2 Å². The summed E-state index contributed by atoms with van der Waals surface area (Å²) in [6.45, 7) is 8.27. The van der Waals surface area contributed by atoms with Crippen LogP contribution in [0.5, 0.6) is 11.5 Å². The average Bonchev–Trinajstić information content (AvgIpc) is 2.64. The molecule has 0 amide bonds. The van der Waals surface area contributed by atoms with Gasteiger partial charge in [-0.1, -0.05) is 31.9 Å². The highest BCUT2D eigenvalue weighted by atomic mass is 16.5. The lowest BCUT2D eigenvalue weighted by Crippen LogP contribution is -2.21. The van der Waals surface area contributed by atoms with Crippen LogP contribution in [-0.4, -0.2) is 25.8 Å². The number of hydrogen-bond acceptors (Lipinski definition) is 4. The zero-order valence-electron chi connectivity index (χ0n) is 17.3. The van der Waals surface area contributed by atoms with Crippen molar-refractivity contribution in [2.75, 3.05) is 14.2 Å². The number of rotatable bonds is 8. The van der Waals surface area contributed by atoms with Crippen molar-refractivity contribution in [3.63, 3.8) is 0 Å². The van der Waals surface area contributed by atoms with Crippen LogP contribution in [0, 0.1) is 5.92 Å². The van der Waals surface area contributed by atoms with E-state index in [0.29, 0.717) is 46.1 Å². The van der Waals surface area contributed by atoms with Gasteiger partial charge in [0.1, 0.15) is 0 Å². The van der Waals surface area contributed by atoms with Gasteiger partial charge in [-0.25, -0.2) is 0 Å². The molecule has 0 saturated heterocycles. The summed E-state index contributed by atoms with van der Waals surface area (Å²) in [5.41, 5.74) is 3.13. The van der Waals surface area contributed by atoms with Gasteiger partial charge in [0.2, 0.25) is 0 Å². The summed E-state index contributed by atoms with van der Waals surface area (Å²) >= 11 is 0. The monoisotopic (exact) mass is 370 g/mol. The van der Waals surface area contributed by atoms with Gasteiger partial charge in [0, 0.05) is 22.3 Å². The van der Waals surface area contributed by atoms with Gasteiger partial charge in [-0.3, -0.25) is 9.59 Å². The van der Waals surface area contributed by atoms with Gasteiger partial charge in [0.25, 0.3) is 0 Å². The standard InChI is InChI=1S/C23H30O4/c1-14(2)8-7-9-15(3)10-11-17-16(4)22(24)18-12-20(26-5)21(27-6)13-19(18)23(17)25/h10,12-14H,7-9,11H2,1-6H3. The van der Waals surface area contributed by atoms with Gasteiger partial charge in [0.05, 0.1) is 14.2 Å². The van der Waals surface area contributed by atoms with Crippen LogP contribution in [-0.2, 0) is 0 Å². The maximum absolute atomic E-state index is 13.0. The molecule has 0 aliphatic heterocycles. The zero-order chi connectivity index (χ0) is 20.1.